The normalized spacial score (nSPS) is 12.7. The minimum atomic E-state index is -2.61. The summed E-state index contributed by atoms with van der Waals surface area (Å²) in [5.41, 5.74) is 3.42. The van der Waals surface area contributed by atoms with Gasteiger partial charge in [-0.15, -0.1) is 0 Å². The number of hydrogen-bond acceptors (Lipinski definition) is 4. The lowest BCUT2D eigenvalue weighted by Gasteiger charge is -2.13. The number of rotatable bonds is 7. The molecule has 0 aliphatic rings. The number of aliphatic carboxylic acids is 1. The third kappa shape index (κ3) is 6.02. The number of benzene rings is 3. The van der Waals surface area contributed by atoms with Crippen LogP contribution in [0.5, 0.6) is 0 Å². The molecular formula is C24H22FO5P. The molecule has 160 valence electrons. The predicted octanol–water partition coefficient (Wildman–Crippen LogP) is 4.63. The summed E-state index contributed by atoms with van der Waals surface area (Å²) in [6.07, 6.45) is -1.93. The monoisotopic (exact) mass is 440 g/mol. The van der Waals surface area contributed by atoms with Gasteiger partial charge in [-0.2, -0.15) is 0 Å². The molecule has 31 heavy (non-hydrogen) atoms. The Morgan fingerprint density at radius 3 is 2.61 bits per heavy atom. The van der Waals surface area contributed by atoms with Gasteiger partial charge in [0.15, 0.2) is 8.03 Å². The van der Waals surface area contributed by atoms with Crippen molar-refractivity contribution in [3.05, 3.63) is 71.5 Å². The molecule has 3 rings (SSSR count). The molecular weight excluding hydrogens is 418 g/mol. The fraction of sp³-hybridized carbons (Fsp3) is 0.208. The fourth-order valence-corrected chi connectivity index (χ4v) is 4.21. The lowest BCUT2D eigenvalue weighted by atomic mass is 9.90. The van der Waals surface area contributed by atoms with Crippen LogP contribution in [0, 0.1) is 24.6 Å². The molecule has 0 heterocycles. The van der Waals surface area contributed by atoms with Gasteiger partial charge in [-0.25, -0.2) is 4.39 Å². The van der Waals surface area contributed by atoms with Crippen molar-refractivity contribution in [3.63, 3.8) is 0 Å². The first-order valence-corrected chi connectivity index (χ1v) is 11.2. The maximum absolute atomic E-state index is 13.5. The van der Waals surface area contributed by atoms with E-state index in [1.807, 2.05) is 37.3 Å². The minimum Gasteiger partial charge on any atom is -0.481 e. The Morgan fingerprint density at radius 1 is 1.19 bits per heavy atom. The van der Waals surface area contributed by atoms with Gasteiger partial charge in [-0.3, -0.25) is 9.36 Å². The quantitative estimate of drug-likeness (QED) is 0.413. The van der Waals surface area contributed by atoms with E-state index in [1.54, 1.807) is 12.1 Å². The van der Waals surface area contributed by atoms with Crippen molar-refractivity contribution in [2.75, 3.05) is 12.8 Å². The largest absolute Gasteiger partial charge is 0.481 e. The third-order valence-electron chi connectivity index (χ3n) is 4.71. The van der Waals surface area contributed by atoms with Crippen LogP contribution in [0.4, 0.5) is 4.39 Å². The van der Waals surface area contributed by atoms with E-state index in [1.165, 1.54) is 12.1 Å². The number of carboxylic acid groups (broad SMARTS) is 1. The van der Waals surface area contributed by atoms with Gasteiger partial charge >= 0.3 is 5.97 Å². The SMILES string of the molecule is Cc1cc2ccccc2c(-c2ccc(F)cc2)c1C#CCO[PH](=O)C[C@@H](O)CC(=O)O. The first-order chi connectivity index (χ1) is 14.8. The first kappa shape index (κ1) is 22.7. The number of aliphatic hydroxyl groups excluding tert-OH is 1. The summed E-state index contributed by atoms with van der Waals surface area (Å²) in [4.78, 5) is 10.6. The maximum atomic E-state index is 13.5. The zero-order chi connectivity index (χ0) is 22.4. The molecule has 3 aromatic rings. The molecule has 0 aromatic heterocycles. The first-order valence-electron chi connectivity index (χ1n) is 9.68. The highest BCUT2D eigenvalue weighted by Gasteiger charge is 2.14. The molecule has 0 aliphatic heterocycles. The molecule has 0 saturated heterocycles. The Kier molecular flexibility index (Phi) is 7.59. The lowest BCUT2D eigenvalue weighted by molar-refractivity contribution is -0.138. The van der Waals surface area contributed by atoms with E-state index in [-0.39, 0.29) is 18.6 Å². The van der Waals surface area contributed by atoms with Gasteiger partial charge in [0.1, 0.15) is 12.4 Å². The Labute approximate surface area is 180 Å². The van der Waals surface area contributed by atoms with E-state index in [4.69, 9.17) is 9.63 Å². The van der Waals surface area contributed by atoms with E-state index in [0.717, 1.165) is 33.0 Å². The fourth-order valence-electron chi connectivity index (χ4n) is 3.33. The second-order valence-corrected chi connectivity index (χ2v) is 8.53. The third-order valence-corrected chi connectivity index (χ3v) is 5.98. The van der Waals surface area contributed by atoms with Gasteiger partial charge in [-0.1, -0.05) is 54.3 Å². The molecule has 2 N–H and O–H groups in total. The van der Waals surface area contributed by atoms with Crippen molar-refractivity contribution in [1.82, 2.24) is 0 Å². The highest BCUT2D eigenvalue weighted by atomic mass is 31.1. The average molecular weight is 440 g/mol. The highest BCUT2D eigenvalue weighted by molar-refractivity contribution is 7.39. The maximum Gasteiger partial charge on any atom is 0.305 e. The summed E-state index contributed by atoms with van der Waals surface area (Å²) in [6.45, 7) is 1.82. The summed E-state index contributed by atoms with van der Waals surface area (Å²) in [7, 11) is -2.61. The zero-order valence-corrected chi connectivity index (χ0v) is 17.9. The molecule has 0 fully saturated rings. The molecule has 0 bridgehead atoms. The smallest absolute Gasteiger partial charge is 0.305 e. The highest BCUT2D eigenvalue weighted by Crippen LogP contribution is 2.34. The minimum absolute atomic E-state index is 0.118. The van der Waals surface area contributed by atoms with E-state index in [0.29, 0.717) is 0 Å². The van der Waals surface area contributed by atoms with Crippen LogP contribution in [0.2, 0.25) is 0 Å². The Bertz CT molecular complexity index is 1180. The number of hydrogen-bond donors (Lipinski definition) is 2. The molecule has 1 unspecified atom stereocenters. The van der Waals surface area contributed by atoms with Crippen molar-refractivity contribution >= 4 is 24.8 Å². The lowest BCUT2D eigenvalue weighted by Crippen LogP contribution is -2.15. The van der Waals surface area contributed by atoms with Crippen molar-refractivity contribution in [1.29, 1.82) is 0 Å². The van der Waals surface area contributed by atoms with Crippen LogP contribution in [0.1, 0.15) is 17.5 Å². The van der Waals surface area contributed by atoms with Crippen LogP contribution in [0.3, 0.4) is 0 Å². The van der Waals surface area contributed by atoms with Crippen LogP contribution in [0.15, 0.2) is 54.6 Å². The van der Waals surface area contributed by atoms with E-state index in [9.17, 15) is 18.9 Å². The van der Waals surface area contributed by atoms with Crippen LogP contribution in [-0.4, -0.2) is 35.1 Å². The number of aryl methyl sites for hydroxylation is 1. The second kappa shape index (κ2) is 10.4. The molecule has 3 aromatic carbocycles. The second-order valence-electron chi connectivity index (χ2n) is 7.09. The van der Waals surface area contributed by atoms with Gasteiger partial charge in [0, 0.05) is 17.3 Å². The van der Waals surface area contributed by atoms with Gasteiger partial charge < -0.3 is 14.7 Å². The molecule has 0 radical (unpaired) electrons. The molecule has 5 nitrogen and oxygen atoms in total. The van der Waals surface area contributed by atoms with Crippen molar-refractivity contribution < 1.29 is 28.5 Å². The van der Waals surface area contributed by atoms with Crippen LogP contribution < -0.4 is 0 Å². The van der Waals surface area contributed by atoms with Gasteiger partial charge in [0.2, 0.25) is 0 Å². The number of fused-ring (bicyclic) bond motifs is 1. The molecule has 0 amide bonds. The van der Waals surface area contributed by atoms with Crippen molar-refractivity contribution in [3.8, 4) is 23.0 Å². The molecule has 0 saturated carbocycles. The summed E-state index contributed by atoms with van der Waals surface area (Å²) in [5.74, 6) is 4.45. The topological polar surface area (TPSA) is 83.8 Å². The molecule has 0 aliphatic carbocycles. The van der Waals surface area contributed by atoms with Crippen molar-refractivity contribution in [2.24, 2.45) is 0 Å². The van der Waals surface area contributed by atoms with E-state index < -0.39 is 26.5 Å². The van der Waals surface area contributed by atoms with Gasteiger partial charge in [-0.05, 0) is 41.0 Å². The summed E-state index contributed by atoms with van der Waals surface area (Å²) < 4.78 is 30.5. The van der Waals surface area contributed by atoms with E-state index in [2.05, 4.69) is 11.8 Å². The number of carboxylic acids is 1. The van der Waals surface area contributed by atoms with Crippen molar-refractivity contribution in [2.45, 2.75) is 19.4 Å². The average Bonchev–Trinajstić information content (AvgIpc) is 2.71. The summed E-state index contributed by atoms with van der Waals surface area (Å²) in [6, 6.07) is 16.1. The summed E-state index contributed by atoms with van der Waals surface area (Å²) in [5, 5.41) is 20.2. The molecule has 7 heteroatoms. The Hall–Kier alpha value is -2.97. The Balaban J connectivity index is 1.87. The number of halogens is 1. The number of carbonyl (C=O) groups is 1. The van der Waals surface area contributed by atoms with Crippen LogP contribution in [-0.2, 0) is 13.9 Å². The number of aliphatic hydroxyl groups is 1. The molecule has 2 atom stereocenters. The summed E-state index contributed by atoms with van der Waals surface area (Å²) >= 11 is 0. The van der Waals surface area contributed by atoms with E-state index >= 15 is 0 Å². The van der Waals surface area contributed by atoms with Crippen LogP contribution >= 0.6 is 8.03 Å². The standard InChI is InChI=1S/C24H22FO5P/c1-16-13-18-5-2-3-6-22(18)24(17-8-10-19(25)11-9-17)21(16)7-4-12-30-31(29)15-20(26)14-23(27)28/h2-3,5-6,8-11,13,20,26,31H,12,14-15H2,1H3,(H,27,28)/t20-/m0/s1. The predicted molar refractivity (Wildman–Crippen MR) is 119 cm³/mol. The van der Waals surface area contributed by atoms with Gasteiger partial charge in [0.05, 0.1) is 12.5 Å². The van der Waals surface area contributed by atoms with Gasteiger partial charge in [0.25, 0.3) is 0 Å². The molecule has 0 spiro atoms. The van der Waals surface area contributed by atoms with Crippen LogP contribution in [0.25, 0.3) is 21.9 Å². The zero-order valence-electron chi connectivity index (χ0n) is 16.9. The Morgan fingerprint density at radius 2 is 1.90 bits per heavy atom.